The molecule has 13 rings (SSSR count). The van der Waals surface area contributed by atoms with Gasteiger partial charge in [0.05, 0.1) is 67.2 Å². The normalized spacial score (nSPS) is 12.2. The minimum atomic E-state index is 0.694. The molecule has 0 aliphatic carbocycles. The Hall–Kier alpha value is -9.60. The van der Waals surface area contributed by atoms with Crippen molar-refractivity contribution in [2.24, 2.45) is 9.98 Å². The molecule has 0 fully saturated rings. The number of nitrogens with zero attached hydrogens (tertiary/aromatic N) is 9. The molecule has 0 amide bonds. The third kappa shape index (κ3) is 6.33. The Morgan fingerprint density at radius 2 is 0.814 bits per heavy atom. The molecule has 0 radical (unpaired) electrons. The number of hydrogen-bond acceptors (Lipinski definition) is 5. The molecule has 8 aromatic carbocycles. The quantitative estimate of drug-likeness (QED) is 0.107. The van der Waals surface area contributed by atoms with Gasteiger partial charge in [0, 0.05) is 61.4 Å². The van der Waals surface area contributed by atoms with Crippen molar-refractivity contribution in [3.05, 3.63) is 219 Å². The first-order chi connectivity index (χ1) is 34.7. The Balaban J connectivity index is 1.27. The number of rotatable bonds is 9. The van der Waals surface area contributed by atoms with Gasteiger partial charge in [0.2, 0.25) is 0 Å². The zero-order valence-electron chi connectivity index (χ0n) is 38.0. The van der Waals surface area contributed by atoms with Crippen LogP contribution < -0.4 is 0 Å². The summed E-state index contributed by atoms with van der Waals surface area (Å²) in [5.74, 6) is 0. The van der Waals surface area contributed by atoms with Gasteiger partial charge < -0.3 is 13.7 Å². The summed E-state index contributed by atoms with van der Waals surface area (Å²) in [6.45, 7) is 5.67. The second kappa shape index (κ2) is 16.6. The van der Waals surface area contributed by atoms with Crippen molar-refractivity contribution in [1.82, 2.24) is 33.6 Å². The van der Waals surface area contributed by atoms with Gasteiger partial charge in [-0.15, -0.1) is 0 Å². The third-order valence-electron chi connectivity index (χ3n) is 13.5. The van der Waals surface area contributed by atoms with Crippen molar-refractivity contribution in [1.29, 1.82) is 0 Å². The van der Waals surface area contributed by atoms with E-state index in [0.717, 1.165) is 89.4 Å². The molecule has 5 heterocycles. The Kier molecular flexibility index (Phi) is 9.65. The van der Waals surface area contributed by atoms with E-state index < -0.39 is 0 Å². The van der Waals surface area contributed by atoms with Crippen LogP contribution in [0.1, 0.15) is 12.5 Å². The van der Waals surface area contributed by atoms with E-state index in [2.05, 4.69) is 205 Å². The number of aliphatic imine (C=N–C) groups is 2. The predicted octanol–water partition coefficient (Wildman–Crippen LogP) is 14.6. The molecule has 0 saturated heterocycles. The van der Waals surface area contributed by atoms with E-state index in [0.29, 0.717) is 5.70 Å². The molecule has 0 aliphatic heterocycles. The summed E-state index contributed by atoms with van der Waals surface area (Å²) in [5.41, 5.74) is 16.3. The minimum absolute atomic E-state index is 0.694. The standard InChI is InChI=1S/C61H41N9/c1-3-49(65-36-62-2)60-47(50-28-30-63-37-66-50)32-39(33-48(60)51-29-31-64-38-67-51)40-34-58(68-52-22-10-4-16-41(52)42-17-5-11-23-53(42)68)61(70-56-26-14-8-20-45(56)46-21-9-15-27-57(46)70)59(35-40)69-54-24-12-6-18-43(54)44-19-7-13-25-55(44)69/h3-38H,2H2,1H3/b49-3-,65-36?. The highest BCUT2D eigenvalue weighted by Crippen LogP contribution is 2.47. The van der Waals surface area contributed by atoms with Gasteiger partial charge in [0.25, 0.3) is 0 Å². The molecule has 0 bridgehead atoms. The summed E-state index contributed by atoms with van der Waals surface area (Å²) in [7, 11) is 0. The molecule has 0 spiro atoms. The topological polar surface area (TPSA) is 91.1 Å². The molecule has 9 nitrogen and oxygen atoms in total. The summed E-state index contributed by atoms with van der Waals surface area (Å²) >= 11 is 0. The number of para-hydroxylation sites is 6. The SMILES string of the molecule is C=NC=N/C(=C\C)c1c(-c2ccncn2)cc(-c2cc(-n3c4ccccc4c4ccccc43)c(-n3c4ccccc4c4ccccc43)c(-n3c4ccccc4c4ccccc43)c2)cc1-c1ccncn1. The molecule has 0 saturated carbocycles. The lowest BCUT2D eigenvalue weighted by Crippen LogP contribution is -2.10. The second-order valence-electron chi connectivity index (χ2n) is 17.2. The fourth-order valence-electron chi connectivity index (χ4n) is 10.6. The first-order valence-electron chi connectivity index (χ1n) is 23.2. The zero-order valence-corrected chi connectivity index (χ0v) is 38.0. The zero-order chi connectivity index (χ0) is 46.7. The van der Waals surface area contributed by atoms with Crippen LogP contribution in [0.4, 0.5) is 0 Å². The molecule has 13 aromatic rings. The van der Waals surface area contributed by atoms with E-state index in [1.54, 1.807) is 25.0 Å². The Labute approximate surface area is 402 Å². The predicted molar refractivity (Wildman–Crippen MR) is 289 cm³/mol. The third-order valence-corrected chi connectivity index (χ3v) is 13.5. The van der Waals surface area contributed by atoms with Gasteiger partial charge in [-0.1, -0.05) is 115 Å². The minimum Gasteiger partial charge on any atom is -0.307 e. The van der Waals surface area contributed by atoms with Crippen molar-refractivity contribution >= 4 is 84.2 Å². The Bertz CT molecular complexity index is 3920. The largest absolute Gasteiger partial charge is 0.307 e. The maximum atomic E-state index is 4.86. The number of hydrogen-bond donors (Lipinski definition) is 0. The summed E-state index contributed by atoms with van der Waals surface area (Å²) in [5, 5.41) is 7.04. The first-order valence-corrected chi connectivity index (χ1v) is 23.2. The number of fused-ring (bicyclic) bond motifs is 9. The van der Waals surface area contributed by atoms with Crippen LogP contribution in [0.3, 0.4) is 0 Å². The van der Waals surface area contributed by atoms with Crippen molar-refractivity contribution in [3.8, 4) is 50.7 Å². The first kappa shape index (κ1) is 40.7. The van der Waals surface area contributed by atoms with E-state index in [4.69, 9.17) is 15.0 Å². The van der Waals surface area contributed by atoms with Gasteiger partial charge in [-0.2, -0.15) is 0 Å². The van der Waals surface area contributed by atoms with E-state index in [1.165, 1.54) is 38.7 Å². The van der Waals surface area contributed by atoms with Gasteiger partial charge >= 0.3 is 0 Å². The van der Waals surface area contributed by atoms with Crippen molar-refractivity contribution in [2.45, 2.75) is 6.92 Å². The molecule has 70 heavy (non-hydrogen) atoms. The van der Waals surface area contributed by atoms with Crippen LogP contribution in [-0.4, -0.2) is 46.7 Å². The van der Waals surface area contributed by atoms with Crippen LogP contribution in [0.15, 0.2) is 223 Å². The average molecular weight is 900 g/mol. The van der Waals surface area contributed by atoms with E-state index >= 15 is 0 Å². The lowest BCUT2D eigenvalue weighted by atomic mass is 9.89. The van der Waals surface area contributed by atoms with Crippen LogP contribution in [0.2, 0.25) is 0 Å². The number of aromatic nitrogens is 7. The monoisotopic (exact) mass is 899 g/mol. The highest BCUT2D eigenvalue weighted by Gasteiger charge is 2.27. The smallest absolute Gasteiger partial charge is 0.116 e. The van der Waals surface area contributed by atoms with Gasteiger partial charge in [-0.25, -0.2) is 24.9 Å². The lowest BCUT2D eigenvalue weighted by Gasteiger charge is -2.24. The lowest BCUT2D eigenvalue weighted by molar-refractivity contribution is 1.05. The maximum absolute atomic E-state index is 4.86. The van der Waals surface area contributed by atoms with E-state index in [-0.39, 0.29) is 0 Å². The molecule has 9 heteroatoms. The summed E-state index contributed by atoms with van der Waals surface area (Å²) in [6.07, 6.45) is 10.2. The van der Waals surface area contributed by atoms with Gasteiger partial charge in [-0.3, -0.25) is 4.99 Å². The van der Waals surface area contributed by atoms with Crippen LogP contribution in [-0.2, 0) is 0 Å². The van der Waals surface area contributed by atoms with Crippen molar-refractivity contribution in [3.63, 3.8) is 0 Å². The summed E-state index contributed by atoms with van der Waals surface area (Å²) < 4.78 is 7.41. The van der Waals surface area contributed by atoms with Gasteiger partial charge in [-0.05, 0) is 97.6 Å². The fourth-order valence-corrected chi connectivity index (χ4v) is 10.6. The average Bonchev–Trinajstić information content (AvgIpc) is 4.07. The van der Waals surface area contributed by atoms with Crippen LogP contribution in [0.5, 0.6) is 0 Å². The van der Waals surface area contributed by atoms with E-state index in [1.807, 2.05) is 25.1 Å². The molecule has 5 aromatic heterocycles. The highest BCUT2D eigenvalue weighted by atomic mass is 15.1. The van der Waals surface area contributed by atoms with Crippen molar-refractivity contribution < 1.29 is 0 Å². The van der Waals surface area contributed by atoms with Crippen LogP contribution in [0.25, 0.3) is 122 Å². The number of allylic oxidation sites excluding steroid dienone is 1. The van der Waals surface area contributed by atoms with Crippen LogP contribution >= 0.6 is 0 Å². The van der Waals surface area contributed by atoms with Crippen LogP contribution in [0, 0.1) is 0 Å². The molecular weight excluding hydrogens is 859 g/mol. The molecule has 0 N–H and O–H groups in total. The number of benzene rings is 8. The summed E-state index contributed by atoms with van der Waals surface area (Å²) in [4.78, 5) is 27.2. The van der Waals surface area contributed by atoms with Gasteiger partial charge in [0.15, 0.2) is 0 Å². The molecule has 330 valence electrons. The maximum Gasteiger partial charge on any atom is 0.116 e. The molecule has 0 atom stereocenters. The molecule has 0 unspecified atom stereocenters. The molecular formula is C61H41N9. The highest BCUT2D eigenvalue weighted by molar-refractivity contribution is 6.14. The Morgan fingerprint density at radius 3 is 1.16 bits per heavy atom. The van der Waals surface area contributed by atoms with E-state index in [9.17, 15) is 0 Å². The summed E-state index contributed by atoms with van der Waals surface area (Å²) in [6, 6.07) is 65.6. The van der Waals surface area contributed by atoms with Gasteiger partial charge in [0.1, 0.15) is 19.0 Å². The Morgan fingerprint density at radius 1 is 0.457 bits per heavy atom. The molecule has 0 aliphatic rings. The fraction of sp³-hybridized carbons (Fsp3) is 0.0164. The second-order valence-corrected chi connectivity index (χ2v) is 17.2. The van der Waals surface area contributed by atoms with Crippen molar-refractivity contribution in [2.75, 3.05) is 0 Å².